The SMILES string of the molecule is Nc1ncc2n(O)cnn12. The van der Waals surface area contributed by atoms with E-state index in [1.54, 1.807) is 0 Å². The predicted molar refractivity (Wildman–Crippen MR) is 32.6 cm³/mol. The summed E-state index contributed by atoms with van der Waals surface area (Å²) in [6, 6.07) is 0. The van der Waals surface area contributed by atoms with Crippen LogP contribution in [0.1, 0.15) is 0 Å². The molecule has 2 aromatic heterocycles. The first-order valence-corrected chi connectivity index (χ1v) is 2.65. The van der Waals surface area contributed by atoms with E-state index in [1.165, 1.54) is 17.0 Å². The van der Waals surface area contributed by atoms with Gasteiger partial charge in [-0.3, -0.25) is 0 Å². The maximum atomic E-state index is 8.96. The molecule has 0 spiro atoms. The fourth-order valence-corrected chi connectivity index (χ4v) is 0.785. The third-order valence-corrected chi connectivity index (χ3v) is 1.26. The van der Waals surface area contributed by atoms with Crippen molar-refractivity contribution in [3.8, 4) is 0 Å². The zero-order chi connectivity index (χ0) is 7.14. The highest BCUT2D eigenvalue weighted by molar-refractivity contribution is 5.41. The molecule has 0 aliphatic heterocycles. The number of hydrogen-bond acceptors (Lipinski definition) is 4. The Balaban J connectivity index is 2.95. The van der Waals surface area contributed by atoms with E-state index in [-0.39, 0.29) is 5.95 Å². The molecule has 2 heterocycles. The summed E-state index contributed by atoms with van der Waals surface area (Å²) in [5.74, 6) is 0.266. The maximum absolute atomic E-state index is 8.96. The minimum Gasteiger partial charge on any atom is -0.425 e. The summed E-state index contributed by atoms with van der Waals surface area (Å²) in [6.07, 6.45) is 2.68. The lowest BCUT2D eigenvalue weighted by atomic mass is 10.8. The first kappa shape index (κ1) is 5.10. The summed E-state index contributed by atoms with van der Waals surface area (Å²) in [4.78, 5) is 3.71. The number of nitrogens with zero attached hydrogens (tertiary/aromatic N) is 4. The largest absolute Gasteiger partial charge is 0.425 e. The van der Waals surface area contributed by atoms with Crippen LogP contribution < -0.4 is 5.73 Å². The van der Waals surface area contributed by atoms with Gasteiger partial charge in [0, 0.05) is 0 Å². The van der Waals surface area contributed by atoms with Crippen molar-refractivity contribution < 1.29 is 5.21 Å². The molecular formula is C4H5N5O. The number of nitrogens with two attached hydrogens (primary N) is 1. The Morgan fingerprint density at radius 2 is 2.40 bits per heavy atom. The second-order valence-electron chi connectivity index (χ2n) is 1.86. The second kappa shape index (κ2) is 1.41. The molecule has 0 saturated carbocycles. The van der Waals surface area contributed by atoms with Crippen molar-refractivity contribution in [2.24, 2.45) is 0 Å². The topological polar surface area (TPSA) is 81.4 Å². The highest BCUT2D eigenvalue weighted by atomic mass is 16.5. The standard InChI is InChI=1S/C4H5N5O/c5-4-6-1-3-8(10)2-7-9(3)4/h1-2,10H,(H2,5,6). The highest BCUT2D eigenvalue weighted by Gasteiger charge is 2.03. The van der Waals surface area contributed by atoms with Gasteiger partial charge in [0.15, 0.2) is 12.0 Å². The van der Waals surface area contributed by atoms with E-state index in [1.807, 2.05) is 0 Å². The molecule has 0 aliphatic rings. The van der Waals surface area contributed by atoms with Gasteiger partial charge in [-0.05, 0) is 0 Å². The molecule has 6 nitrogen and oxygen atoms in total. The van der Waals surface area contributed by atoms with Crippen LogP contribution in [0.3, 0.4) is 0 Å². The van der Waals surface area contributed by atoms with Crippen molar-refractivity contribution in [3.63, 3.8) is 0 Å². The van der Waals surface area contributed by atoms with Crippen LogP contribution in [0, 0.1) is 0 Å². The van der Waals surface area contributed by atoms with Crippen LogP contribution in [-0.2, 0) is 0 Å². The number of imidazole rings is 1. The van der Waals surface area contributed by atoms with Gasteiger partial charge >= 0.3 is 0 Å². The molecule has 2 rings (SSSR count). The van der Waals surface area contributed by atoms with Crippen LogP contribution in [0.25, 0.3) is 5.65 Å². The first-order chi connectivity index (χ1) is 4.79. The van der Waals surface area contributed by atoms with E-state index >= 15 is 0 Å². The van der Waals surface area contributed by atoms with Crippen molar-refractivity contribution in [2.75, 3.05) is 5.73 Å². The fourth-order valence-electron chi connectivity index (χ4n) is 0.785. The summed E-state index contributed by atoms with van der Waals surface area (Å²) in [6.45, 7) is 0. The molecule has 10 heavy (non-hydrogen) atoms. The Hall–Kier alpha value is -1.72. The summed E-state index contributed by atoms with van der Waals surface area (Å²) >= 11 is 0. The molecule has 0 aliphatic carbocycles. The molecular weight excluding hydrogens is 134 g/mol. The molecule has 3 N–H and O–H groups in total. The molecule has 6 heteroatoms. The van der Waals surface area contributed by atoms with Crippen LogP contribution in [-0.4, -0.2) is 24.5 Å². The number of nitrogen functional groups attached to an aromatic ring is 1. The molecule has 0 unspecified atom stereocenters. The third kappa shape index (κ3) is 0.426. The average Bonchev–Trinajstić information content (AvgIpc) is 2.41. The minimum atomic E-state index is 0.266. The zero-order valence-electron chi connectivity index (χ0n) is 4.97. The number of fused-ring (bicyclic) bond motifs is 1. The lowest BCUT2D eigenvalue weighted by Gasteiger charge is -1.83. The zero-order valence-corrected chi connectivity index (χ0v) is 4.97. The Morgan fingerprint density at radius 1 is 1.60 bits per heavy atom. The molecule has 52 valence electrons. The summed E-state index contributed by atoms with van der Waals surface area (Å²) in [5, 5.41) is 12.7. The van der Waals surface area contributed by atoms with Crippen molar-refractivity contribution in [3.05, 3.63) is 12.5 Å². The van der Waals surface area contributed by atoms with Crippen molar-refractivity contribution in [1.82, 2.24) is 19.3 Å². The molecule has 0 atom stereocenters. The lowest BCUT2D eigenvalue weighted by molar-refractivity contribution is 0.197. The second-order valence-corrected chi connectivity index (χ2v) is 1.86. The Bertz CT molecular complexity index is 324. The summed E-state index contributed by atoms with van der Waals surface area (Å²) in [5.41, 5.74) is 5.81. The van der Waals surface area contributed by atoms with Crippen LogP contribution in [0.15, 0.2) is 12.5 Å². The molecule has 2 aromatic rings. The van der Waals surface area contributed by atoms with Gasteiger partial charge in [-0.15, -0.1) is 5.10 Å². The minimum absolute atomic E-state index is 0.266. The highest BCUT2D eigenvalue weighted by Crippen LogP contribution is 2.03. The van der Waals surface area contributed by atoms with E-state index in [2.05, 4.69) is 10.1 Å². The quantitative estimate of drug-likeness (QED) is 0.475. The van der Waals surface area contributed by atoms with Crippen molar-refractivity contribution in [2.45, 2.75) is 0 Å². The van der Waals surface area contributed by atoms with Crippen molar-refractivity contribution in [1.29, 1.82) is 0 Å². The van der Waals surface area contributed by atoms with Crippen LogP contribution in [0.4, 0.5) is 5.95 Å². The van der Waals surface area contributed by atoms with Gasteiger partial charge in [-0.2, -0.15) is 9.25 Å². The lowest BCUT2D eigenvalue weighted by Crippen LogP contribution is -1.93. The van der Waals surface area contributed by atoms with Gasteiger partial charge < -0.3 is 10.9 Å². The van der Waals surface area contributed by atoms with Gasteiger partial charge in [0.25, 0.3) is 0 Å². The normalized spacial score (nSPS) is 10.8. The van der Waals surface area contributed by atoms with E-state index in [4.69, 9.17) is 10.9 Å². The Labute approximate surface area is 55.5 Å². The molecule has 0 saturated heterocycles. The summed E-state index contributed by atoms with van der Waals surface area (Å²) < 4.78 is 2.18. The molecule has 0 amide bonds. The van der Waals surface area contributed by atoms with E-state index in [0.717, 1.165) is 4.73 Å². The smallest absolute Gasteiger partial charge is 0.223 e. The van der Waals surface area contributed by atoms with Gasteiger partial charge in [0.1, 0.15) is 0 Å². The van der Waals surface area contributed by atoms with Gasteiger partial charge in [0.05, 0.1) is 6.20 Å². The van der Waals surface area contributed by atoms with Gasteiger partial charge in [-0.1, -0.05) is 0 Å². The average molecular weight is 139 g/mol. The molecule has 0 bridgehead atoms. The summed E-state index contributed by atoms with van der Waals surface area (Å²) in [7, 11) is 0. The number of hydrogen-bond donors (Lipinski definition) is 2. The monoisotopic (exact) mass is 139 g/mol. The first-order valence-electron chi connectivity index (χ1n) is 2.65. The number of rotatable bonds is 0. The molecule has 0 aromatic carbocycles. The Morgan fingerprint density at radius 3 is 3.10 bits per heavy atom. The third-order valence-electron chi connectivity index (χ3n) is 1.26. The Kier molecular flexibility index (Phi) is 0.717. The predicted octanol–water partition coefficient (Wildman–Crippen LogP) is -0.650. The number of aromatic nitrogens is 4. The molecule has 0 fully saturated rings. The van der Waals surface area contributed by atoms with Crippen LogP contribution in [0.2, 0.25) is 0 Å². The molecule has 0 radical (unpaired) electrons. The van der Waals surface area contributed by atoms with Crippen LogP contribution >= 0.6 is 0 Å². The van der Waals surface area contributed by atoms with E-state index < -0.39 is 0 Å². The van der Waals surface area contributed by atoms with Crippen LogP contribution in [0.5, 0.6) is 0 Å². The van der Waals surface area contributed by atoms with Gasteiger partial charge in [-0.25, -0.2) is 4.98 Å². The van der Waals surface area contributed by atoms with E-state index in [9.17, 15) is 0 Å². The maximum Gasteiger partial charge on any atom is 0.223 e. The number of anilines is 1. The van der Waals surface area contributed by atoms with Gasteiger partial charge in [0.2, 0.25) is 5.95 Å². The van der Waals surface area contributed by atoms with Crippen molar-refractivity contribution >= 4 is 11.6 Å². The van der Waals surface area contributed by atoms with E-state index in [0.29, 0.717) is 5.65 Å². The fraction of sp³-hybridized carbons (Fsp3) is 0.